The molecule has 3 aromatic rings. The lowest BCUT2D eigenvalue weighted by atomic mass is 10.1. The van der Waals surface area contributed by atoms with Crippen molar-refractivity contribution in [2.45, 2.75) is 6.92 Å². The van der Waals surface area contributed by atoms with Gasteiger partial charge in [0.25, 0.3) is 0 Å². The highest BCUT2D eigenvalue weighted by atomic mass is 79.9. The molecule has 0 amide bonds. The van der Waals surface area contributed by atoms with Crippen LogP contribution in [0, 0.1) is 6.92 Å². The lowest BCUT2D eigenvalue weighted by Gasteiger charge is -2.09. The summed E-state index contributed by atoms with van der Waals surface area (Å²) < 4.78 is 0.689. The van der Waals surface area contributed by atoms with Gasteiger partial charge < -0.3 is 5.11 Å². The van der Waals surface area contributed by atoms with Gasteiger partial charge in [0, 0.05) is 10.9 Å². The maximum Gasteiger partial charge on any atom is 0.156 e. The summed E-state index contributed by atoms with van der Waals surface area (Å²) in [5.41, 5.74) is 3.56. The van der Waals surface area contributed by atoms with Crippen LogP contribution in [0.3, 0.4) is 0 Å². The van der Waals surface area contributed by atoms with E-state index >= 15 is 0 Å². The number of fused-ring (bicyclic) bond motifs is 1. The average Bonchev–Trinajstić information content (AvgIpc) is 2.44. The summed E-state index contributed by atoms with van der Waals surface area (Å²) in [6.45, 7) is 2.04. The van der Waals surface area contributed by atoms with Crippen LogP contribution < -0.4 is 0 Å². The molecule has 3 heteroatoms. The number of aromatic hydroxyl groups is 1. The summed E-state index contributed by atoms with van der Waals surface area (Å²) in [5.74, 6) is 0.183. The first-order valence-corrected chi connectivity index (χ1v) is 6.80. The molecule has 2 aromatic carbocycles. The fourth-order valence-corrected chi connectivity index (χ4v) is 2.60. The van der Waals surface area contributed by atoms with Crippen LogP contribution in [0.1, 0.15) is 5.56 Å². The Hall–Kier alpha value is -1.87. The number of rotatable bonds is 1. The van der Waals surface area contributed by atoms with Gasteiger partial charge in [-0.2, -0.15) is 0 Å². The van der Waals surface area contributed by atoms with Gasteiger partial charge in [0.1, 0.15) is 5.69 Å². The number of benzene rings is 2. The molecule has 0 atom stereocenters. The van der Waals surface area contributed by atoms with E-state index in [1.165, 1.54) is 5.56 Å². The van der Waals surface area contributed by atoms with Gasteiger partial charge in [-0.05, 0) is 28.9 Å². The van der Waals surface area contributed by atoms with Crippen molar-refractivity contribution < 1.29 is 5.11 Å². The van der Waals surface area contributed by atoms with Crippen molar-refractivity contribution in [1.82, 2.24) is 4.98 Å². The third-order valence-corrected chi connectivity index (χ3v) is 3.93. The van der Waals surface area contributed by atoms with Crippen molar-refractivity contribution in [2.24, 2.45) is 0 Å². The molecular weight excluding hydrogens is 302 g/mol. The highest BCUT2D eigenvalue weighted by molar-refractivity contribution is 9.10. The number of aromatic nitrogens is 1. The molecule has 3 rings (SSSR count). The van der Waals surface area contributed by atoms with Gasteiger partial charge in [-0.25, -0.2) is 4.98 Å². The van der Waals surface area contributed by atoms with Crippen LogP contribution in [-0.2, 0) is 0 Å². The maximum absolute atomic E-state index is 10.3. The Labute approximate surface area is 119 Å². The van der Waals surface area contributed by atoms with Gasteiger partial charge in [0.05, 0.1) is 9.99 Å². The first-order chi connectivity index (χ1) is 9.16. The molecule has 1 N–H and O–H groups in total. The van der Waals surface area contributed by atoms with E-state index < -0.39 is 0 Å². The first kappa shape index (κ1) is 12.2. The van der Waals surface area contributed by atoms with E-state index in [-0.39, 0.29) is 5.75 Å². The number of halogens is 1. The molecule has 0 unspecified atom stereocenters. The van der Waals surface area contributed by atoms with Gasteiger partial charge in [-0.3, -0.25) is 0 Å². The van der Waals surface area contributed by atoms with Crippen molar-refractivity contribution in [3.05, 3.63) is 58.6 Å². The van der Waals surface area contributed by atoms with Gasteiger partial charge in [0.15, 0.2) is 5.75 Å². The zero-order valence-corrected chi connectivity index (χ0v) is 12.0. The Morgan fingerprint density at radius 2 is 1.68 bits per heavy atom. The van der Waals surface area contributed by atoms with E-state index in [9.17, 15) is 5.11 Å². The second-order valence-electron chi connectivity index (χ2n) is 4.51. The molecule has 94 valence electrons. The van der Waals surface area contributed by atoms with Gasteiger partial charge in [-0.1, -0.05) is 48.0 Å². The predicted octanol–water partition coefficient (Wildman–Crippen LogP) is 4.68. The minimum Gasteiger partial charge on any atom is -0.505 e. The SMILES string of the molecule is Cc1ccc(-c2nc3ccccc3c(Br)c2O)cc1. The van der Waals surface area contributed by atoms with Crippen LogP contribution in [0.5, 0.6) is 5.75 Å². The monoisotopic (exact) mass is 313 g/mol. The van der Waals surface area contributed by atoms with Crippen LogP contribution in [0.4, 0.5) is 0 Å². The summed E-state index contributed by atoms with van der Waals surface area (Å²) in [6, 6.07) is 15.7. The molecule has 0 aliphatic rings. The minimum absolute atomic E-state index is 0.183. The average molecular weight is 314 g/mol. The number of nitrogens with zero attached hydrogens (tertiary/aromatic N) is 1. The van der Waals surface area contributed by atoms with Crippen LogP contribution in [-0.4, -0.2) is 10.1 Å². The zero-order chi connectivity index (χ0) is 13.4. The van der Waals surface area contributed by atoms with E-state index in [2.05, 4.69) is 20.9 Å². The van der Waals surface area contributed by atoms with Crippen molar-refractivity contribution in [1.29, 1.82) is 0 Å². The largest absolute Gasteiger partial charge is 0.505 e. The van der Waals surface area contributed by atoms with Crippen LogP contribution in [0.15, 0.2) is 53.0 Å². The van der Waals surface area contributed by atoms with E-state index in [1.54, 1.807) is 0 Å². The molecule has 19 heavy (non-hydrogen) atoms. The summed E-state index contributed by atoms with van der Waals surface area (Å²) in [5, 5.41) is 11.2. The number of hydrogen-bond acceptors (Lipinski definition) is 2. The van der Waals surface area contributed by atoms with Crippen molar-refractivity contribution in [3.63, 3.8) is 0 Å². The van der Waals surface area contributed by atoms with E-state index in [4.69, 9.17) is 0 Å². The fraction of sp³-hybridized carbons (Fsp3) is 0.0625. The van der Waals surface area contributed by atoms with Crippen LogP contribution >= 0.6 is 15.9 Å². The summed E-state index contributed by atoms with van der Waals surface area (Å²) in [7, 11) is 0. The van der Waals surface area contributed by atoms with Crippen molar-refractivity contribution >= 4 is 26.8 Å². The lowest BCUT2D eigenvalue weighted by Crippen LogP contribution is -1.89. The standard InChI is InChI=1S/C16H12BrNO/c1-10-6-8-11(9-7-10)15-16(19)14(17)12-4-2-3-5-13(12)18-15/h2-9,19H,1H3. The Morgan fingerprint density at radius 3 is 2.42 bits per heavy atom. The minimum atomic E-state index is 0.183. The molecule has 0 spiro atoms. The fourth-order valence-electron chi connectivity index (χ4n) is 2.07. The normalized spacial score (nSPS) is 10.8. The highest BCUT2D eigenvalue weighted by Gasteiger charge is 2.13. The zero-order valence-electron chi connectivity index (χ0n) is 10.4. The molecule has 0 aliphatic heterocycles. The molecule has 0 saturated heterocycles. The smallest absolute Gasteiger partial charge is 0.156 e. The van der Waals surface area contributed by atoms with E-state index in [1.807, 2.05) is 55.5 Å². The Morgan fingerprint density at radius 1 is 1.00 bits per heavy atom. The molecule has 0 bridgehead atoms. The maximum atomic E-state index is 10.3. The molecule has 0 radical (unpaired) electrons. The molecule has 0 aliphatic carbocycles. The Kier molecular flexibility index (Phi) is 2.99. The topological polar surface area (TPSA) is 33.1 Å². The summed E-state index contributed by atoms with van der Waals surface area (Å²) >= 11 is 3.45. The molecule has 2 nitrogen and oxygen atoms in total. The quantitative estimate of drug-likeness (QED) is 0.707. The third kappa shape index (κ3) is 2.10. The summed E-state index contributed by atoms with van der Waals surface area (Å²) in [4.78, 5) is 4.56. The predicted molar refractivity (Wildman–Crippen MR) is 81.3 cm³/mol. The summed E-state index contributed by atoms with van der Waals surface area (Å²) in [6.07, 6.45) is 0. The third-order valence-electron chi connectivity index (χ3n) is 3.13. The number of hydrogen-bond donors (Lipinski definition) is 1. The molecule has 0 saturated carbocycles. The van der Waals surface area contributed by atoms with Crippen molar-refractivity contribution in [2.75, 3.05) is 0 Å². The van der Waals surface area contributed by atoms with Gasteiger partial charge in [0.2, 0.25) is 0 Å². The van der Waals surface area contributed by atoms with E-state index in [0.717, 1.165) is 16.5 Å². The van der Waals surface area contributed by atoms with Gasteiger partial charge >= 0.3 is 0 Å². The molecular formula is C16H12BrNO. The Balaban J connectivity index is 2.29. The first-order valence-electron chi connectivity index (χ1n) is 6.01. The number of pyridine rings is 1. The molecule has 0 fully saturated rings. The lowest BCUT2D eigenvalue weighted by molar-refractivity contribution is 0.473. The van der Waals surface area contributed by atoms with Crippen LogP contribution in [0.2, 0.25) is 0 Å². The number of para-hydroxylation sites is 1. The number of aryl methyl sites for hydroxylation is 1. The molecule has 1 heterocycles. The second-order valence-corrected chi connectivity index (χ2v) is 5.30. The Bertz CT molecular complexity index is 751. The van der Waals surface area contributed by atoms with Gasteiger partial charge in [-0.15, -0.1) is 0 Å². The second kappa shape index (κ2) is 4.67. The highest BCUT2D eigenvalue weighted by Crippen LogP contribution is 2.38. The van der Waals surface area contributed by atoms with E-state index in [0.29, 0.717) is 10.2 Å². The van der Waals surface area contributed by atoms with Crippen molar-refractivity contribution in [3.8, 4) is 17.0 Å². The van der Waals surface area contributed by atoms with Crippen LogP contribution in [0.25, 0.3) is 22.2 Å². The molecule has 1 aromatic heterocycles.